The smallest absolute Gasteiger partial charge is 0.268 e. The van der Waals surface area contributed by atoms with Gasteiger partial charge in [0.15, 0.2) is 5.82 Å². The van der Waals surface area contributed by atoms with E-state index in [2.05, 4.69) is 11.2 Å². The molecule has 2 heterocycles. The Balaban J connectivity index is 1.64. The Labute approximate surface area is 203 Å². The van der Waals surface area contributed by atoms with E-state index in [9.17, 15) is 25.0 Å². The minimum Gasteiger partial charge on any atom is -0.268 e. The van der Waals surface area contributed by atoms with Crippen LogP contribution >= 0.6 is 11.8 Å². The molecule has 0 saturated carbocycles. The lowest BCUT2D eigenvalue weighted by atomic mass is 10.1. The molecule has 10 heteroatoms. The summed E-state index contributed by atoms with van der Waals surface area (Å²) in [6.45, 7) is 0. The van der Waals surface area contributed by atoms with E-state index in [1.165, 1.54) is 28.6 Å². The number of hydrogen-bond donors (Lipinski definition) is 0. The summed E-state index contributed by atoms with van der Waals surface area (Å²) < 4.78 is 1.39. The molecule has 0 N–H and O–H groups in total. The monoisotopic (exact) mass is 481 g/mol. The van der Waals surface area contributed by atoms with E-state index in [1.807, 2.05) is 36.4 Å². The van der Waals surface area contributed by atoms with Gasteiger partial charge in [0, 0.05) is 17.9 Å². The molecular formula is C25H15N5O4S. The number of nitro benzene ring substituents is 1. The van der Waals surface area contributed by atoms with Crippen LogP contribution in [0.2, 0.25) is 0 Å². The molecule has 4 aromatic rings. The largest absolute Gasteiger partial charge is 0.270 e. The third kappa shape index (κ3) is 3.84. The van der Waals surface area contributed by atoms with Gasteiger partial charge in [-0.25, -0.2) is 9.58 Å². The van der Waals surface area contributed by atoms with Crippen molar-refractivity contribution in [1.82, 2.24) is 9.78 Å². The molecule has 1 aliphatic heterocycles. The number of aromatic nitrogens is 2. The molecule has 0 saturated heterocycles. The first kappa shape index (κ1) is 22.1. The summed E-state index contributed by atoms with van der Waals surface area (Å²) in [5.74, 6) is -0.896. The topological polar surface area (TPSA) is 122 Å². The van der Waals surface area contributed by atoms with Crippen LogP contribution in [-0.2, 0) is 5.75 Å². The maximum absolute atomic E-state index is 13.3. The highest BCUT2D eigenvalue weighted by molar-refractivity contribution is 7.98. The van der Waals surface area contributed by atoms with Gasteiger partial charge < -0.3 is 0 Å². The van der Waals surface area contributed by atoms with Crippen LogP contribution in [0.1, 0.15) is 31.8 Å². The van der Waals surface area contributed by atoms with E-state index < -0.39 is 16.7 Å². The lowest BCUT2D eigenvalue weighted by molar-refractivity contribution is -0.384. The van der Waals surface area contributed by atoms with Gasteiger partial charge in [0.25, 0.3) is 17.5 Å². The SMILES string of the molecule is N#Cc1c(SCc2ccccc2)nn(-c2ccccc2)c1N1C(=O)c2ccc([N+](=O)[O-])cc2C1=O. The summed E-state index contributed by atoms with van der Waals surface area (Å²) in [5.41, 5.74) is 1.27. The molecule has 0 radical (unpaired) electrons. The maximum atomic E-state index is 13.3. The number of nitrogens with zero attached hydrogens (tertiary/aromatic N) is 5. The zero-order valence-electron chi connectivity index (χ0n) is 18.0. The second-order valence-corrected chi connectivity index (χ2v) is 8.53. The molecule has 0 atom stereocenters. The number of fused-ring (bicyclic) bond motifs is 1. The van der Waals surface area contributed by atoms with Crippen molar-refractivity contribution >= 4 is 35.1 Å². The minimum absolute atomic E-state index is 0.00288. The molecule has 3 aromatic carbocycles. The molecule has 9 nitrogen and oxygen atoms in total. The molecule has 0 fully saturated rings. The fourth-order valence-corrected chi connectivity index (χ4v) is 4.72. The van der Waals surface area contributed by atoms with Crippen molar-refractivity contribution in [3.8, 4) is 11.8 Å². The van der Waals surface area contributed by atoms with Gasteiger partial charge in [-0.3, -0.25) is 19.7 Å². The number of carbonyl (C=O) groups is 2. The number of nitriles is 1. The Morgan fingerprint density at radius 1 is 0.943 bits per heavy atom. The number of imide groups is 1. The first-order chi connectivity index (χ1) is 17.0. The highest BCUT2D eigenvalue weighted by atomic mass is 32.2. The van der Waals surface area contributed by atoms with Crippen molar-refractivity contribution in [2.24, 2.45) is 0 Å². The molecule has 35 heavy (non-hydrogen) atoms. The van der Waals surface area contributed by atoms with Crippen LogP contribution in [0.5, 0.6) is 0 Å². The fraction of sp³-hybridized carbons (Fsp3) is 0.0400. The Morgan fingerprint density at radius 3 is 2.26 bits per heavy atom. The predicted octanol–water partition coefficient (Wildman–Crippen LogP) is 4.75. The van der Waals surface area contributed by atoms with Crippen LogP contribution in [-0.4, -0.2) is 26.5 Å². The van der Waals surface area contributed by atoms with Crippen LogP contribution in [0.25, 0.3) is 5.69 Å². The standard InChI is InChI=1S/C25H15N5O4S/c26-14-21-22(35-15-16-7-3-1-4-8-16)27-29(17-9-5-2-6-10-17)23(21)28-24(31)19-12-11-18(30(33)34)13-20(19)25(28)32/h1-13H,15H2. The minimum atomic E-state index is -0.748. The highest BCUT2D eigenvalue weighted by Crippen LogP contribution is 2.38. The predicted molar refractivity (Wildman–Crippen MR) is 129 cm³/mol. The van der Waals surface area contributed by atoms with E-state index in [4.69, 9.17) is 0 Å². The van der Waals surface area contributed by atoms with Gasteiger partial charge in [0.05, 0.1) is 21.7 Å². The van der Waals surface area contributed by atoms with Crippen molar-refractivity contribution in [2.45, 2.75) is 10.8 Å². The Morgan fingerprint density at radius 2 is 1.60 bits per heavy atom. The number of non-ortho nitro benzene ring substituents is 1. The number of carbonyl (C=O) groups excluding carboxylic acids is 2. The van der Waals surface area contributed by atoms with Crippen LogP contribution in [0.3, 0.4) is 0 Å². The van der Waals surface area contributed by atoms with Crippen molar-refractivity contribution in [2.75, 3.05) is 4.90 Å². The number of thioether (sulfide) groups is 1. The average Bonchev–Trinajstić information content (AvgIpc) is 3.37. The van der Waals surface area contributed by atoms with Crippen LogP contribution in [0.15, 0.2) is 83.9 Å². The van der Waals surface area contributed by atoms with Crippen molar-refractivity contribution in [3.63, 3.8) is 0 Å². The van der Waals surface area contributed by atoms with E-state index in [-0.39, 0.29) is 28.2 Å². The summed E-state index contributed by atoms with van der Waals surface area (Å²) in [7, 11) is 0. The van der Waals surface area contributed by atoms with Crippen molar-refractivity contribution in [1.29, 1.82) is 5.26 Å². The molecule has 5 rings (SSSR count). The molecule has 1 aromatic heterocycles. The molecule has 0 bridgehead atoms. The number of para-hydroxylation sites is 1. The molecule has 0 spiro atoms. The molecular weight excluding hydrogens is 466 g/mol. The van der Waals surface area contributed by atoms with E-state index in [0.717, 1.165) is 16.5 Å². The number of amides is 2. The summed E-state index contributed by atoms with van der Waals surface area (Å²) in [6.07, 6.45) is 0. The summed E-state index contributed by atoms with van der Waals surface area (Å²) >= 11 is 1.31. The van der Waals surface area contributed by atoms with E-state index in [1.54, 1.807) is 24.3 Å². The quantitative estimate of drug-likeness (QED) is 0.169. The van der Waals surface area contributed by atoms with Crippen molar-refractivity contribution < 1.29 is 14.5 Å². The third-order valence-electron chi connectivity index (χ3n) is 5.45. The second kappa shape index (κ2) is 8.89. The molecule has 2 amide bonds. The highest BCUT2D eigenvalue weighted by Gasteiger charge is 2.42. The van der Waals surface area contributed by atoms with Gasteiger partial charge in [-0.1, -0.05) is 60.3 Å². The summed E-state index contributed by atoms with van der Waals surface area (Å²) in [5, 5.41) is 26.2. The number of rotatable bonds is 6. The lowest BCUT2D eigenvalue weighted by Gasteiger charge is -2.16. The number of benzene rings is 3. The molecule has 1 aliphatic rings. The zero-order chi connectivity index (χ0) is 24.5. The number of nitro groups is 1. The van der Waals surface area contributed by atoms with Crippen LogP contribution in [0.4, 0.5) is 11.5 Å². The van der Waals surface area contributed by atoms with Gasteiger partial charge in [-0.15, -0.1) is 0 Å². The van der Waals surface area contributed by atoms with Gasteiger partial charge in [0.1, 0.15) is 16.7 Å². The van der Waals surface area contributed by atoms with Crippen molar-refractivity contribution in [3.05, 3.63) is 111 Å². The third-order valence-corrected chi connectivity index (χ3v) is 6.49. The Kier molecular flexibility index (Phi) is 5.60. The van der Waals surface area contributed by atoms with Gasteiger partial charge in [-0.2, -0.15) is 10.4 Å². The normalized spacial score (nSPS) is 12.5. The zero-order valence-corrected chi connectivity index (χ0v) is 18.8. The summed E-state index contributed by atoms with van der Waals surface area (Å²) in [6, 6.07) is 24.1. The van der Waals surface area contributed by atoms with Gasteiger partial charge in [-0.05, 0) is 23.8 Å². The Hall–Kier alpha value is -4.75. The number of anilines is 1. The maximum Gasteiger partial charge on any atom is 0.270 e. The first-order valence-electron chi connectivity index (χ1n) is 10.4. The first-order valence-corrected chi connectivity index (χ1v) is 11.4. The molecule has 170 valence electrons. The Bertz CT molecular complexity index is 1530. The second-order valence-electron chi connectivity index (χ2n) is 7.57. The fourth-order valence-electron chi connectivity index (χ4n) is 3.80. The average molecular weight is 481 g/mol. The van der Waals surface area contributed by atoms with Crippen LogP contribution in [0, 0.1) is 21.4 Å². The van der Waals surface area contributed by atoms with E-state index >= 15 is 0 Å². The van der Waals surface area contributed by atoms with Gasteiger partial charge >= 0.3 is 0 Å². The summed E-state index contributed by atoms with van der Waals surface area (Å²) in [4.78, 5) is 38.1. The lowest BCUT2D eigenvalue weighted by Crippen LogP contribution is -2.32. The molecule has 0 unspecified atom stereocenters. The number of hydrogen-bond acceptors (Lipinski definition) is 7. The van der Waals surface area contributed by atoms with E-state index in [0.29, 0.717) is 16.5 Å². The molecule has 0 aliphatic carbocycles. The van der Waals surface area contributed by atoms with Gasteiger partial charge in [0.2, 0.25) is 0 Å². The van der Waals surface area contributed by atoms with Crippen LogP contribution < -0.4 is 4.90 Å².